The van der Waals surface area contributed by atoms with Crippen molar-refractivity contribution in [3.8, 4) is 5.88 Å². The van der Waals surface area contributed by atoms with Gasteiger partial charge >= 0.3 is 0 Å². The Hall–Kier alpha value is -1.13. The Balaban J connectivity index is 2.81. The maximum absolute atomic E-state index is 5.65. The number of nitrogens with one attached hydrogen (secondary N) is 1. The van der Waals surface area contributed by atoms with Gasteiger partial charge in [-0.2, -0.15) is 0 Å². The van der Waals surface area contributed by atoms with Gasteiger partial charge in [0, 0.05) is 31.0 Å². The summed E-state index contributed by atoms with van der Waals surface area (Å²) in [6, 6.07) is 4.15. The van der Waals surface area contributed by atoms with E-state index in [0.29, 0.717) is 25.0 Å². The Bertz CT molecular complexity index is 411. The van der Waals surface area contributed by atoms with E-state index in [4.69, 9.17) is 9.47 Å². The van der Waals surface area contributed by atoms with Crippen LogP contribution in [0.2, 0.25) is 0 Å². The van der Waals surface area contributed by atoms with Crippen LogP contribution in [0.25, 0.3) is 0 Å². The average molecular weight is 280 g/mol. The molecule has 0 saturated carbocycles. The third kappa shape index (κ3) is 6.35. The predicted molar refractivity (Wildman–Crippen MR) is 82.3 cm³/mol. The van der Waals surface area contributed by atoms with Crippen LogP contribution in [0.1, 0.15) is 51.8 Å². The van der Waals surface area contributed by atoms with Gasteiger partial charge in [-0.3, -0.25) is 0 Å². The van der Waals surface area contributed by atoms with Crippen molar-refractivity contribution >= 4 is 0 Å². The van der Waals surface area contributed by atoms with Crippen molar-refractivity contribution in [3.05, 3.63) is 23.4 Å². The van der Waals surface area contributed by atoms with Gasteiger partial charge in [-0.25, -0.2) is 4.98 Å². The van der Waals surface area contributed by atoms with E-state index in [0.717, 1.165) is 12.2 Å². The molecule has 0 spiro atoms. The number of hydrogen-bond acceptors (Lipinski definition) is 4. The van der Waals surface area contributed by atoms with Crippen molar-refractivity contribution in [1.29, 1.82) is 0 Å². The zero-order valence-corrected chi connectivity index (χ0v) is 13.6. The van der Waals surface area contributed by atoms with E-state index in [1.165, 1.54) is 5.56 Å². The zero-order chi connectivity index (χ0) is 15.2. The van der Waals surface area contributed by atoms with Crippen LogP contribution in [0.4, 0.5) is 0 Å². The molecule has 0 bridgehead atoms. The molecule has 0 aliphatic heterocycles. The van der Waals surface area contributed by atoms with Gasteiger partial charge in [-0.05, 0) is 38.3 Å². The summed E-state index contributed by atoms with van der Waals surface area (Å²) in [5, 5.41) is 3.49. The quantitative estimate of drug-likeness (QED) is 0.779. The molecule has 0 aromatic carbocycles. The molecule has 0 radical (unpaired) electrons. The highest BCUT2D eigenvalue weighted by molar-refractivity contribution is 5.26. The minimum atomic E-state index is 0.0956. The van der Waals surface area contributed by atoms with Crippen molar-refractivity contribution in [2.45, 2.75) is 52.6 Å². The van der Waals surface area contributed by atoms with Crippen LogP contribution in [-0.2, 0) is 11.3 Å². The van der Waals surface area contributed by atoms with E-state index < -0.39 is 0 Å². The number of rotatable bonds is 7. The normalized spacial score (nSPS) is 11.9. The van der Waals surface area contributed by atoms with Crippen LogP contribution >= 0.6 is 0 Å². The maximum atomic E-state index is 5.65. The largest absolute Gasteiger partial charge is 0.475 e. The number of methoxy groups -OCH3 is 1. The maximum Gasteiger partial charge on any atom is 0.213 e. The van der Waals surface area contributed by atoms with E-state index >= 15 is 0 Å². The van der Waals surface area contributed by atoms with Crippen molar-refractivity contribution in [1.82, 2.24) is 10.3 Å². The van der Waals surface area contributed by atoms with Crippen molar-refractivity contribution < 1.29 is 9.47 Å². The molecule has 0 saturated heterocycles. The molecule has 1 N–H and O–H groups in total. The molecule has 4 nitrogen and oxygen atoms in total. The molecule has 1 rings (SSSR count). The van der Waals surface area contributed by atoms with Gasteiger partial charge in [0.25, 0.3) is 0 Å². The van der Waals surface area contributed by atoms with Crippen LogP contribution in [0, 0.1) is 0 Å². The fourth-order valence-electron chi connectivity index (χ4n) is 1.65. The van der Waals surface area contributed by atoms with Crippen molar-refractivity contribution in [2.75, 3.05) is 20.3 Å². The number of ether oxygens (including phenoxy) is 2. The van der Waals surface area contributed by atoms with Crippen LogP contribution in [-0.4, -0.2) is 30.8 Å². The first-order valence-corrected chi connectivity index (χ1v) is 7.19. The first-order valence-electron chi connectivity index (χ1n) is 7.19. The van der Waals surface area contributed by atoms with Gasteiger partial charge in [0.2, 0.25) is 5.88 Å². The van der Waals surface area contributed by atoms with Crippen molar-refractivity contribution in [2.24, 2.45) is 0 Å². The summed E-state index contributed by atoms with van der Waals surface area (Å²) in [4.78, 5) is 4.54. The lowest BCUT2D eigenvalue weighted by Gasteiger charge is -2.21. The number of aromatic nitrogens is 1. The SMILES string of the molecule is COCCOc1cc(CNC(C)(C)C)cc(C(C)C)n1. The van der Waals surface area contributed by atoms with Gasteiger partial charge in [0.15, 0.2) is 0 Å². The molecule has 0 aliphatic carbocycles. The number of pyridine rings is 1. The summed E-state index contributed by atoms with van der Waals surface area (Å²) in [7, 11) is 1.67. The molecule has 114 valence electrons. The molecule has 0 aliphatic rings. The predicted octanol–water partition coefficient (Wildman–Crippen LogP) is 3.12. The monoisotopic (exact) mass is 280 g/mol. The summed E-state index contributed by atoms with van der Waals surface area (Å²) in [6.45, 7) is 12.7. The molecule has 0 atom stereocenters. The first kappa shape index (κ1) is 16.9. The fraction of sp³-hybridized carbons (Fsp3) is 0.688. The highest BCUT2D eigenvalue weighted by Gasteiger charge is 2.11. The molecule has 0 fully saturated rings. The minimum absolute atomic E-state index is 0.0956. The molecule has 0 amide bonds. The summed E-state index contributed by atoms with van der Waals surface area (Å²) < 4.78 is 10.6. The second kappa shape index (κ2) is 7.60. The lowest BCUT2D eigenvalue weighted by Crippen LogP contribution is -2.35. The number of hydrogen-bond donors (Lipinski definition) is 1. The van der Waals surface area contributed by atoms with Crippen molar-refractivity contribution in [3.63, 3.8) is 0 Å². The van der Waals surface area contributed by atoms with E-state index in [9.17, 15) is 0 Å². The molecular weight excluding hydrogens is 252 g/mol. The Morgan fingerprint density at radius 2 is 1.90 bits per heavy atom. The second-order valence-electron chi connectivity index (χ2n) is 6.34. The number of nitrogens with zero attached hydrogens (tertiary/aromatic N) is 1. The topological polar surface area (TPSA) is 43.4 Å². The van der Waals surface area contributed by atoms with Gasteiger partial charge < -0.3 is 14.8 Å². The third-order valence-electron chi connectivity index (χ3n) is 2.83. The van der Waals surface area contributed by atoms with E-state index in [1.807, 2.05) is 6.07 Å². The van der Waals surface area contributed by atoms with E-state index in [2.05, 4.69) is 51.0 Å². The summed E-state index contributed by atoms with van der Waals surface area (Å²) in [6.07, 6.45) is 0. The standard InChI is InChI=1S/C16H28N2O2/c1-12(2)14-9-13(11-17-16(3,4)5)10-15(18-14)20-8-7-19-6/h9-10,12,17H,7-8,11H2,1-6H3. The highest BCUT2D eigenvalue weighted by atomic mass is 16.5. The molecule has 0 unspecified atom stereocenters. The van der Waals surface area contributed by atoms with Crippen LogP contribution in [0.3, 0.4) is 0 Å². The molecule has 1 aromatic rings. The zero-order valence-electron chi connectivity index (χ0n) is 13.6. The molecular formula is C16H28N2O2. The van der Waals surface area contributed by atoms with Gasteiger partial charge in [0.05, 0.1) is 6.61 Å². The lowest BCUT2D eigenvalue weighted by atomic mass is 10.1. The molecule has 4 heteroatoms. The Labute approximate surface area is 122 Å². The van der Waals surface area contributed by atoms with Gasteiger partial charge in [-0.1, -0.05) is 13.8 Å². The van der Waals surface area contributed by atoms with E-state index in [-0.39, 0.29) is 5.54 Å². The average Bonchev–Trinajstić information content (AvgIpc) is 2.36. The Kier molecular flexibility index (Phi) is 6.43. The lowest BCUT2D eigenvalue weighted by molar-refractivity contribution is 0.143. The molecule has 20 heavy (non-hydrogen) atoms. The second-order valence-corrected chi connectivity index (χ2v) is 6.34. The Morgan fingerprint density at radius 3 is 2.45 bits per heavy atom. The Morgan fingerprint density at radius 1 is 1.20 bits per heavy atom. The van der Waals surface area contributed by atoms with Gasteiger partial charge in [-0.15, -0.1) is 0 Å². The molecule has 1 aromatic heterocycles. The first-order chi connectivity index (χ1) is 9.31. The van der Waals surface area contributed by atoms with E-state index in [1.54, 1.807) is 7.11 Å². The fourth-order valence-corrected chi connectivity index (χ4v) is 1.65. The van der Waals surface area contributed by atoms with Crippen LogP contribution in [0.5, 0.6) is 5.88 Å². The summed E-state index contributed by atoms with van der Waals surface area (Å²) in [5.41, 5.74) is 2.36. The summed E-state index contributed by atoms with van der Waals surface area (Å²) in [5.74, 6) is 1.06. The molecule has 1 heterocycles. The summed E-state index contributed by atoms with van der Waals surface area (Å²) >= 11 is 0. The highest BCUT2D eigenvalue weighted by Crippen LogP contribution is 2.19. The minimum Gasteiger partial charge on any atom is -0.475 e. The van der Waals surface area contributed by atoms with Crippen LogP contribution in [0.15, 0.2) is 12.1 Å². The van der Waals surface area contributed by atoms with Gasteiger partial charge in [0.1, 0.15) is 6.61 Å². The van der Waals surface area contributed by atoms with Crippen LogP contribution < -0.4 is 10.1 Å². The third-order valence-corrected chi connectivity index (χ3v) is 2.83. The smallest absolute Gasteiger partial charge is 0.213 e.